The summed E-state index contributed by atoms with van der Waals surface area (Å²) < 4.78 is 0. The summed E-state index contributed by atoms with van der Waals surface area (Å²) in [5.74, 6) is 0. The minimum Gasteiger partial charge on any atom is -0.310 e. The summed E-state index contributed by atoms with van der Waals surface area (Å²) >= 11 is 0. The first-order valence-electron chi connectivity index (χ1n) is 23.0. The molecule has 312 valence electrons. The Morgan fingerprint density at radius 3 is 1.59 bits per heavy atom. The van der Waals surface area contributed by atoms with Crippen molar-refractivity contribution in [3.8, 4) is 66.8 Å². The second kappa shape index (κ2) is 16.1. The van der Waals surface area contributed by atoms with Gasteiger partial charge in [0, 0.05) is 22.4 Å². The summed E-state index contributed by atoms with van der Waals surface area (Å²) in [4.78, 5) is 2.47. The van der Waals surface area contributed by atoms with Gasteiger partial charge in [0.05, 0.1) is 5.69 Å². The lowest BCUT2D eigenvalue weighted by Gasteiger charge is -2.30. The van der Waals surface area contributed by atoms with Crippen LogP contribution >= 0.6 is 0 Å². The number of rotatable bonds is 8. The molecule has 1 nitrogen and oxygen atoms in total. The van der Waals surface area contributed by atoms with Gasteiger partial charge in [-0.2, -0.15) is 0 Å². The quantitative estimate of drug-likeness (QED) is 0.138. The fraction of sp³-hybridized carbons (Fsp3) is 0.0462. The Kier molecular flexibility index (Phi) is 9.58. The summed E-state index contributed by atoms with van der Waals surface area (Å²) in [5, 5.41) is 5.04. The summed E-state index contributed by atoms with van der Waals surface area (Å²) in [7, 11) is 0. The lowest BCUT2D eigenvalue weighted by molar-refractivity contribution is 0.660. The second-order valence-corrected chi connectivity index (χ2v) is 18.0. The third-order valence-electron chi connectivity index (χ3n) is 13.9. The monoisotopic (exact) mass is 841 g/mol. The average Bonchev–Trinajstić information content (AvgIpc) is 3.62. The van der Waals surface area contributed by atoms with Gasteiger partial charge in [0.2, 0.25) is 0 Å². The van der Waals surface area contributed by atoms with E-state index >= 15 is 0 Å². The number of nitrogens with zero attached hydrogens (tertiary/aromatic N) is 1. The zero-order valence-corrected chi connectivity index (χ0v) is 37.1. The van der Waals surface area contributed by atoms with Gasteiger partial charge in [-0.25, -0.2) is 0 Å². The van der Waals surface area contributed by atoms with Crippen molar-refractivity contribution in [1.82, 2.24) is 0 Å². The lowest BCUT2D eigenvalue weighted by atomic mass is 9.81. The molecule has 1 aliphatic carbocycles. The molecule has 11 aromatic rings. The van der Waals surface area contributed by atoms with Crippen LogP contribution in [0.2, 0.25) is 0 Å². The number of benzene rings is 11. The van der Waals surface area contributed by atoms with Crippen LogP contribution in [-0.4, -0.2) is 0 Å². The van der Waals surface area contributed by atoms with E-state index in [1.54, 1.807) is 0 Å². The maximum atomic E-state index is 2.47. The van der Waals surface area contributed by atoms with E-state index in [9.17, 15) is 0 Å². The van der Waals surface area contributed by atoms with Gasteiger partial charge in [0.15, 0.2) is 0 Å². The van der Waals surface area contributed by atoms with E-state index in [1.807, 2.05) is 0 Å². The molecule has 0 aromatic heterocycles. The molecule has 0 heterocycles. The van der Waals surface area contributed by atoms with E-state index in [-0.39, 0.29) is 5.41 Å². The Bertz CT molecular complexity index is 3600. The Labute approximate surface area is 387 Å². The summed E-state index contributed by atoms with van der Waals surface area (Å²) in [6.45, 7) is 4.72. The van der Waals surface area contributed by atoms with E-state index in [0.717, 1.165) is 17.1 Å². The minimum atomic E-state index is -0.0946. The van der Waals surface area contributed by atoms with Gasteiger partial charge in [-0.15, -0.1) is 0 Å². The van der Waals surface area contributed by atoms with Crippen LogP contribution in [0.15, 0.2) is 249 Å². The van der Waals surface area contributed by atoms with Gasteiger partial charge in [-0.3, -0.25) is 0 Å². The molecule has 0 radical (unpaired) electrons. The van der Waals surface area contributed by atoms with Crippen LogP contribution in [-0.2, 0) is 5.41 Å². The standard InChI is InChI=1S/C65H47N/c1-65(2)61-33-16-15-30-57(61)58-40-37-48(43-62(58)65)47-24-17-25-51(41-47)66(50-38-35-46(36-39-50)60-42-49-23-9-10-27-53(49)55-28-12-13-29-56(55)60)63-34-18-32-54(45-21-7-4-8-22-45)64(63)59-31-14-11-26-52(59)44-19-5-3-6-20-44/h3-43H,1-2H3. The fourth-order valence-electron chi connectivity index (χ4n) is 10.7. The number of hydrogen-bond donors (Lipinski definition) is 0. The highest BCUT2D eigenvalue weighted by Crippen LogP contribution is 2.51. The van der Waals surface area contributed by atoms with Crippen LogP contribution in [0.3, 0.4) is 0 Å². The molecule has 12 rings (SSSR count). The topological polar surface area (TPSA) is 3.24 Å². The molecule has 1 aliphatic rings. The molecule has 1 heteroatoms. The summed E-state index contributed by atoms with van der Waals surface area (Å²) in [6.07, 6.45) is 0. The zero-order chi connectivity index (χ0) is 44.2. The summed E-state index contributed by atoms with van der Waals surface area (Å²) in [6, 6.07) is 91.5. The smallest absolute Gasteiger partial charge is 0.0546 e. The molecule has 0 saturated heterocycles. The van der Waals surface area contributed by atoms with Crippen molar-refractivity contribution in [2.24, 2.45) is 0 Å². The second-order valence-electron chi connectivity index (χ2n) is 18.0. The number of anilines is 3. The summed E-state index contributed by atoms with van der Waals surface area (Å²) in [5.41, 5.74) is 20.5. The van der Waals surface area contributed by atoms with Crippen LogP contribution in [0.1, 0.15) is 25.0 Å². The molecule has 0 spiro atoms. The Balaban J connectivity index is 1.08. The Hall–Kier alpha value is -8.26. The molecule has 0 N–H and O–H groups in total. The van der Waals surface area contributed by atoms with Gasteiger partial charge < -0.3 is 4.90 Å². The SMILES string of the molecule is CC1(C)c2ccccc2-c2ccc(-c3cccc(N(c4ccc(-c5cc6ccccc6c6ccccc56)cc4)c4cccc(-c5ccccc5)c4-c4ccccc4-c4ccccc4)c3)cc21. The Morgan fingerprint density at radius 1 is 0.288 bits per heavy atom. The molecule has 0 amide bonds. The van der Waals surface area contributed by atoms with E-state index < -0.39 is 0 Å². The van der Waals surface area contributed by atoms with Crippen molar-refractivity contribution < 1.29 is 0 Å². The largest absolute Gasteiger partial charge is 0.310 e. The first-order valence-corrected chi connectivity index (χ1v) is 23.0. The van der Waals surface area contributed by atoms with Crippen molar-refractivity contribution >= 4 is 38.6 Å². The molecular formula is C65H47N. The van der Waals surface area contributed by atoms with Crippen molar-refractivity contribution in [2.75, 3.05) is 4.90 Å². The van der Waals surface area contributed by atoms with E-state index in [4.69, 9.17) is 0 Å². The first kappa shape index (κ1) is 39.3. The van der Waals surface area contributed by atoms with Crippen LogP contribution in [0.5, 0.6) is 0 Å². The average molecular weight is 842 g/mol. The molecule has 66 heavy (non-hydrogen) atoms. The highest BCUT2D eigenvalue weighted by molar-refractivity contribution is 6.14. The molecule has 0 bridgehead atoms. The third-order valence-corrected chi connectivity index (χ3v) is 13.9. The predicted octanol–water partition coefficient (Wildman–Crippen LogP) is 18.1. The van der Waals surface area contributed by atoms with E-state index in [0.29, 0.717) is 0 Å². The van der Waals surface area contributed by atoms with Crippen molar-refractivity contribution in [3.05, 3.63) is 260 Å². The van der Waals surface area contributed by atoms with E-state index in [1.165, 1.54) is 99.4 Å². The van der Waals surface area contributed by atoms with Crippen LogP contribution < -0.4 is 4.90 Å². The minimum absolute atomic E-state index is 0.0946. The zero-order valence-electron chi connectivity index (χ0n) is 37.1. The molecule has 0 atom stereocenters. The molecular weight excluding hydrogens is 795 g/mol. The molecule has 0 unspecified atom stereocenters. The number of hydrogen-bond acceptors (Lipinski definition) is 1. The van der Waals surface area contributed by atoms with Gasteiger partial charge in [0.1, 0.15) is 0 Å². The first-order chi connectivity index (χ1) is 32.5. The maximum absolute atomic E-state index is 2.47. The highest BCUT2D eigenvalue weighted by Gasteiger charge is 2.35. The van der Waals surface area contributed by atoms with Gasteiger partial charge in [-0.1, -0.05) is 220 Å². The molecule has 0 aliphatic heterocycles. The Morgan fingerprint density at radius 2 is 0.818 bits per heavy atom. The van der Waals surface area contributed by atoms with Gasteiger partial charge in [0.25, 0.3) is 0 Å². The normalized spacial score (nSPS) is 12.5. The molecule has 11 aromatic carbocycles. The van der Waals surface area contributed by atoms with E-state index in [2.05, 4.69) is 267 Å². The van der Waals surface area contributed by atoms with Crippen LogP contribution in [0, 0.1) is 0 Å². The fourth-order valence-corrected chi connectivity index (χ4v) is 10.7. The van der Waals surface area contributed by atoms with Crippen molar-refractivity contribution in [3.63, 3.8) is 0 Å². The van der Waals surface area contributed by atoms with Crippen molar-refractivity contribution in [2.45, 2.75) is 19.3 Å². The highest BCUT2D eigenvalue weighted by atomic mass is 15.1. The maximum Gasteiger partial charge on any atom is 0.0546 e. The van der Waals surface area contributed by atoms with Gasteiger partial charge >= 0.3 is 0 Å². The lowest BCUT2D eigenvalue weighted by Crippen LogP contribution is -2.15. The van der Waals surface area contributed by atoms with Crippen LogP contribution in [0.4, 0.5) is 17.1 Å². The predicted molar refractivity (Wildman–Crippen MR) is 281 cm³/mol. The third kappa shape index (κ3) is 6.63. The van der Waals surface area contributed by atoms with Crippen LogP contribution in [0.25, 0.3) is 88.3 Å². The molecule has 0 fully saturated rings. The van der Waals surface area contributed by atoms with Gasteiger partial charge in [-0.05, 0) is 136 Å². The number of fused-ring (bicyclic) bond motifs is 6. The van der Waals surface area contributed by atoms with Crippen molar-refractivity contribution in [1.29, 1.82) is 0 Å². The molecule has 0 saturated carbocycles.